The van der Waals surface area contributed by atoms with E-state index in [1.54, 1.807) is 4.57 Å². The van der Waals surface area contributed by atoms with Gasteiger partial charge in [0, 0.05) is 6.20 Å². The summed E-state index contributed by atoms with van der Waals surface area (Å²) >= 11 is 0. The van der Waals surface area contributed by atoms with E-state index in [0.717, 1.165) is 6.20 Å². The quantitative estimate of drug-likeness (QED) is 0.714. The Morgan fingerprint density at radius 2 is 2.39 bits per heavy atom. The van der Waals surface area contributed by atoms with Gasteiger partial charge < -0.3 is 9.30 Å². The number of rotatable bonds is 1. The third-order valence-electron chi connectivity index (χ3n) is 3.06. The first kappa shape index (κ1) is 10.9. The predicted octanol–water partition coefficient (Wildman–Crippen LogP) is 1.30. The summed E-state index contributed by atoms with van der Waals surface area (Å²) in [5, 5.41) is -0.142. The van der Waals surface area contributed by atoms with Crippen LogP contribution in [0.5, 0.6) is 5.88 Å². The Balaban J connectivity index is 2.59. The Hall–Kier alpha value is -2.24. The van der Waals surface area contributed by atoms with Crippen molar-refractivity contribution in [2.75, 3.05) is 6.61 Å². The molecule has 1 aliphatic heterocycles. The average Bonchev–Trinajstić information content (AvgIpc) is 2.37. The maximum Gasteiger partial charge on any atom is 0.238 e. The minimum absolute atomic E-state index is 0.0627. The zero-order valence-electron chi connectivity index (χ0n) is 9.51. The monoisotopic (exact) mass is 248 g/mol. The van der Waals surface area contributed by atoms with Crippen LogP contribution in [0, 0.1) is 5.82 Å². The number of hydrogen-bond donors (Lipinski definition) is 0. The highest BCUT2D eigenvalue weighted by molar-refractivity contribution is 5.89. The van der Waals surface area contributed by atoms with Crippen molar-refractivity contribution < 1.29 is 13.9 Å². The highest BCUT2D eigenvalue weighted by atomic mass is 19.1. The van der Waals surface area contributed by atoms with Crippen molar-refractivity contribution >= 4 is 17.2 Å². The second kappa shape index (κ2) is 3.63. The summed E-state index contributed by atoms with van der Waals surface area (Å²) in [4.78, 5) is 26.7. The molecular formula is C12H9FN2O3. The van der Waals surface area contributed by atoms with Crippen molar-refractivity contribution in [3.8, 4) is 5.88 Å². The van der Waals surface area contributed by atoms with Gasteiger partial charge in [-0.3, -0.25) is 9.59 Å². The molecule has 0 aliphatic carbocycles. The van der Waals surface area contributed by atoms with E-state index >= 15 is 0 Å². The Bertz CT molecular complexity index is 723. The molecular weight excluding hydrogens is 239 g/mol. The van der Waals surface area contributed by atoms with Crippen LogP contribution in [0.15, 0.2) is 17.2 Å². The number of pyridine rings is 2. The summed E-state index contributed by atoms with van der Waals surface area (Å²) in [5.41, 5.74) is -0.383. The van der Waals surface area contributed by atoms with E-state index in [4.69, 9.17) is 4.74 Å². The minimum atomic E-state index is -0.742. The Labute approximate surface area is 101 Å². The summed E-state index contributed by atoms with van der Waals surface area (Å²) in [6, 6.07) is -0.0945. The molecule has 18 heavy (non-hydrogen) atoms. The second-order valence-corrected chi connectivity index (χ2v) is 4.23. The smallest absolute Gasteiger partial charge is 0.238 e. The van der Waals surface area contributed by atoms with Crippen molar-refractivity contribution in [1.29, 1.82) is 0 Å². The maximum atomic E-state index is 13.8. The van der Waals surface area contributed by atoms with E-state index in [2.05, 4.69) is 4.98 Å². The molecule has 92 valence electrons. The maximum absolute atomic E-state index is 13.8. The highest BCUT2D eigenvalue weighted by Gasteiger charge is 2.24. The molecule has 0 N–H and O–H groups in total. The fourth-order valence-electron chi connectivity index (χ4n) is 2.15. The first-order valence-electron chi connectivity index (χ1n) is 5.45. The number of carbonyl (C=O) groups is 1. The van der Waals surface area contributed by atoms with Crippen molar-refractivity contribution in [2.45, 2.75) is 13.0 Å². The van der Waals surface area contributed by atoms with Gasteiger partial charge in [0.15, 0.2) is 12.1 Å². The third-order valence-corrected chi connectivity index (χ3v) is 3.06. The number of ether oxygens (including phenoxy) is 1. The number of aldehydes is 1. The van der Waals surface area contributed by atoms with Crippen LogP contribution >= 0.6 is 0 Å². The Kier molecular flexibility index (Phi) is 2.19. The van der Waals surface area contributed by atoms with Crippen LogP contribution in [0.1, 0.15) is 23.3 Å². The molecule has 3 rings (SSSR count). The lowest BCUT2D eigenvalue weighted by molar-refractivity contribution is 0.112. The third kappa shape index (κ3) is 1.28. The van der Waals surface area contributed by atoms with E-state index in [-0.39, 0.29) is 22.9 Å². The van der Waals surface area contributed by atoms with Gasteiger partial charge in [-0.1, -0.05) is 0 Å². The minimum Gasteiger partial charge on any atom is -0.474 e. The number of aromatic nitrogens is 2. The lowest BCUT2D eigenvalue weighted by atomic mass is 10.1. The molecule has 0 aromatic carbocycles. The number of halogens is 1. The molecule has 0 saturated heterocycles. The fourth-order valence-corrected chi connectivity index (χ4v) is 2.15. The fraction of sp³-hybridized carbons (Fsp3) is 0.250. The Morgan fingerprint density at radius 1 is 1.61 bits per heavy atom. The van der Waals surface area contributed by atoms with Crippen LogP contribution in [0.3, 0.4) is 0 Å². The van der Waals surface area contributed by atoms with Gasteiger partial charge in [0.2, 0.25) is 11.3 Å². The van der Waals surface area contributed by atoms with E-state index in [1.165, 1.54) is 6.20 Å². The van der Waals surface area contributed by atoms with Crippen LogP contribution in [0.4, 0.5) is 4.39 Å². The molecule has 2 aromatic rings. The molecule has 1 unspecified atom stereocenters. The zero-order valence-corrected chi connectivity index (χ0v) is 9.51. The topological polar surface area (TPSA) is 61.2 Å². The molecule has 0 bridgehead atoms. The molecule has 1 aliphatic rings. The van der Waals surface area contributed by atoms with Gasteiger partial charge in [0.05, 0.1) is 23.2 Å². The summed E-state index contributed by atoms with van der Waals surface area (Å²) in [5.74, 6) is -0.520. The molecule has 1 atom stereocenters. The lowest BCUT2D eigenvalue weighted by Gasteiger charge is -2.25. The van der Waals surface area contributed by atoms with E-state index in [9.17, 15) is 14.0 Å². The van der Waals surface area contributed by atoms with Gasteiger partial charge in [0.25, 0.3) is 0 Å². The molecule has 0 fully saturated rings. The van der Waals surface area contributed by atoms with Crippen molar-refractivity contribution in [2.24, 2.45) is 0 Å². The number of nitrogens with zero attached hydrogens (tertiary/aromatic N) is 2. The van der Waals surface area contributed by atoms with E-state index < -0.39 is 11.2 Å². The molecule has 0 spiro atoms. The molecule has 2 aromatic heterocycles. The van der Waals surface area contributed by atoms with E-state index in [0.29, 0.717) is 18.4 Å². The van der Waals surface area contributed by atoms with Crippen molar-refractivity contribution in [3.63, 3.8) is 0 Å². The van der Waals surface area contributed by atoms with Crippen LogP contribution in [-0.2, 0) is 0 Å². The standard InChI is InChI=1S/C12H9FN2O3/c1-6-5-18-12-10-9(8(13)2-14-12)11(17)7(4-16)3-15(6)10/h2-4,6H,5H2,1H3. The first-order valence-corrected chi connectivity index (χ1v) is 5.45. The van der Waals surface area contributed by atoms with Gasteiger partial charge in [0.1, 0.15) is 12.1 Å². The molecule has 0 amide bonds. The average molecular weight is 248 g/mol. The molecule has 3 heterocycles. The van der Waals surface area contributed by atoms with Crippen LogP contribution in [-0.4, -0.2) is 22.4 Å². The molecule has 6 heteroatoms. The van der Waals surface area contributed by atoms with Crippen molar-refractivity contribution in [3.05, 3.63) is 34.0 Å². The largest absolute Gasteiger partial charge is 0.474 e. The van der Waals surface area contributed by atoms with Crippen LogP contribution in [0.2, 0.25) is 0 Å². The highest BCUT2D eigenvalue weighted by Crippen LogP contribution is 2.30. The summed E-state index contributed by atoms with van der Waals surface area (Å²) in [6.45, 7) is 2.22. The van der Waals surface area contributed by atoms with E-state index in [1.807, 2.05) is 6.92 Å². The SMILES string of the molecule is CC1COc2ncc(F)c3c(=O)c(C=O)cn1c23. The zero-order chi connectivity index (χ0) is 12.9. The number of carbonyl (C=O) groups excluding carboxylic acids is 1. The van der Waals surface area contributed by atoms with Crippen LogP contribution in [0.25, 0.3) is 10.9 Å². The summed E-state index contributed by atoms with van der Waals surface area (Å²) in [6.07, 6.45) is 2.80. The molecule has 0 radical (unpaired) electrons. The normalized spacial score (nSPS) is 17.6. The van der Waals surface area contributed by atoms with Gasteiger partial charge in [-0.05, 0) is 6.92 Å². The number of hydrogen-bond acceptors (Lipinski definition) is 4. The Morgan fingerprint density at radius 3 is 3.11 bits per heavy atom. The van der Waals surface area contributed by atoms with Gasteiger partial charge in [-0.15, -0.1) is 0 Å². The van der Waals surface area contributed by atoms with Crippen molar-refractivity contribution in [1.82, 2.24) is 9.55 Å². The molecule has 0 saturated carbocycles. The van der Waals surface area contributed by atoms with Gasteiger partial charge >= 0.3 is 0 Å². The van der Waals surface area contributed by atoms with Gasteiger partial charge in [-0.25, -0.2) is 9.37 Å². The van der Waals surface area contributed by atoms with Gasteiger partial charge in [-0.2, -0.15) is 0 Å². The lowest BCUT2D eigenvalue weighted by Crippen LogP contribution is -2.25. The molecule has 5 nitrogen and oxygen atoms in total. The first-order chi connectivity index (χ1) is 8.63. The predicted molar refractivity (Wildman–Crippen MR) is 61.6 cm³/mol. The van der Waals surface area contributed by atoms with Crippen LogP contribution < -0.4 is 10.2 Å². The summed E-state index contributed by atoms with van der Waals surface area (Å²) < 4.78 is 20.8. The summed E-state index contributed by atoms with van der Waals surface area (Å²) in [7, 11) is 0. The second-order valence-electron chi connectivity index (χ2n) is 4.23.